The summed E-state index contributed by atoms with van der Waals surface area (Å²) in [5.41, 5.74) is 7.52. The second kappa shape index (κ2) is 26.3. The van der Waals surface area contributed by atoms with Gasteiger partial charge in [0.15, 0.2) is 5.78 Å². The fourth-order valence-electron chi connectivity index (χ4n) is 4.40. The number of unbranched alkanes of at least 4 members (excludes halogenated alkanes) is 2. The Balaban J connectivity index is 0. The average molecular weight is 630 g/mol. The molecule has 3 aromatic carbocycles. The summed E-state index contributed by atoms with van der Waals surface area (Å²) in [4.78, 5) is 26.7. The lowest BCUT2D eigenvalue weighted by Gasteiger charge is -2.35. The minimum atomic E-state index is -0.419. The van der Waals surface area contributed by atoms with Gasteiger partial charge in [0.25, 0.3) is 0 Å². The van der Waals surface area contributed by atoms with Gasteiger partial charge in [-0.25, -0.2) is 4.79 Å². The number of ketones is 1. The van der Waals surface area contributed by atoms with Crippen LogP contribution in [0.15, 0.2) is 90.6 Å². The summed E-state index contributed by atoms with van der Waals surface area (Å²) in [6.45, 7) is 28.6. The molecule has 0 aromatic heterocycles. The number of methoxy groups -OCH3 is 1. The van der Waals surface area contributed by atoms with E-state index in [0.717, 1.165) is 39.2 Å². The molecule has 0 spiro atoms. The highest BCUT2D eigenvalue weighted by atomic mass is 16.5. The van der Waals surface area contributed by atoms with Crippen molar-refractivity contribution in [2.75, 3.05) is 12.0 Å². The predicted octanol–water partition coefficient (Wildman–Crippen LogP) is 12.7. The number of benzene rings is 3. The average Bonchev–Trinajstić information content (AvgIpc) is 3.09. The first-order valence-electron chi connectivity index (χ1n) is 17.3. The van der Waals surface area contributed by atoms with Crippen molar-refractivity contribution < 1.29 is 14.3 Å². The van der Waals surface area contributed by atoms with E-state index in [4.69, 9.17) is 4.74 Å². The first-order valence-corrected chi connectivity index (χ1v) is 17.3. The first kappa shape index (κ1) is 44.2. The third kappa shape index (κ3) is 13.6. The Morgan fingerprint density at radius 1 is 0.783 bits per heavy atom. The fourth-order valence-corrected chi connectivity index (χ4v) is 4.40. The van der Waals surface area contributed by atoms with E-state index in [2.05, 4.69) is 52.5 Å². The van der Waals surface area contributed by atoms with Crippen molar-refractivity contribution in [3.63, 3.8) is 0 Å². The number of nitrogens with zero attached hydrogens (tertiary/aromatic N) is 1. The maximum absolute atomic E-state index is 13.1. The molecule has 0 radical (unpaired) electrons. The zero-order chi connectivity index (χ0) is 35.7. The number of hydrogen-bond acceptors (Lipinski definition) is 4. The van der Waals surface area contributed by atoms with Gasteiger partial charge >= 0.3 is 5.97 Å². The van der Waals surface area contributed by atoms with Gasteiger partial charge in [0.2, 0.25) is 0 Å². The van der Waals surface area contributed by atoms with E-state index in [1.165, 1.54) is 32.8 Å². The smallest absolute Gasteiger partial charge is 0.355 e. The van der Waals surface area contributed by atoms with Gasteiger partial charge < -0.3 is 9.64 Å². The Bertz CT molecular complexity index is 1300. The number of anilines is 2. The topological polar surface area (TPSA) is 46.6 Å². The van der Waals surface area contributed by atoms with E-state index >= 15 is 0 Å². The third-order valence-corrected chi connectivity index (χ3v) is 6.43. The van der Waals surface area contributed by atoms with Crippen LogP contribution in [-0.2, 0) is 16.0 Å². The number of aryl methyl sites for hydroxylation is 1. The van der Waals surface area contributed by atoms with Crippen molar-refractivity contribution in [1.29, 1.82) is 0 Å². The largest absolute Gasteiger partial charge is 0.464 e. The van der Waals surface area contributed by atoms with Gasteiger partial charge in [0.1, 0.15) is 5.70 Å². The Labute approximate surface area is 282 Å². The molecule has 0 bridgehead atoms. The lowest BCUT2D eigenvalue weighted by molar-refractivity contribution is -0.136. The Morgan fingerprint density at radius 3 is 1.74 bits per heavy atom. The molecule has 1 heterocycles. The standard InChI is InChI=1S/C28H25NO3.C5H12.C3H8.3C2H6/c1-18-10-15-24-19(2)25(17-21-11-13-22(14-12-21)20(3)30)27(28(31)32-4)29(26(24)16-18)23-8-6-5-7-9-23;1-3-5-4-2;1-3-2;3*1-2/h5-16H,2,17H2,1,3-4H3;3-5H2,1-2H3;3H2,1-2H3;3*1-2H3. The molecule has 254 valence electrons. The van der Waals surface area contributed by atoms with E-state index in [-0.39, 0.29) is 5.78 Å². The maximum Gasteiger partial charge on any atom is 0.355 e. The fraction of sp³-hybridized carbons (Fsp3) is 0.429. The molecule has 0 atom stereocenters. The van der Waals surface area contributed by atoms with E-state index in [1.54, 1.807) is 6.92 Å². The van der Waals surface area contributed by atoms with Crippen molar-refractivity contribution in [3.8, 4) is 0 Å². The minimum Gasteiger partial charge on any atom is -0.464 e. The molecule has 4 nitrogen and oxygen atoms in total. The number of hydrogen-bond donors (Lipinski definition) is 0. The summed E-state index contributed by atoms with van der Waals surface area (Å²) < 4.78 is 5.23. The van der Waals surface area contributed by atoms with Crippen molar-refractivity contribution in [1.82, 2.24) is 0 Å². The quantitative estimate of drug-likeness (QED) is 0.193. The predicted molar refractivity (Wildman–Crippen MR) is 203 cm³/mol. The lowest BCUT2D eigenvalue weighted by atomic mass is 9.86. The highest BCUT2D eigenvalue weighted by molar-refractivity contribution is 6.06. The number of ether oxygens (including phenoxy) is 1. The molecule has 0 amide bonds. The SMILES string of the molecule is C=C1C(Cc2ccc(C(C)=O)cc2)=C(C(=O)OC)N(c2ccccc2)c2cc(C)ccc21.CC.CC.CC.CCC.CCCCC. The van der Waals surface area contributed by atoms with E-state index in [0.29, 0.717) is 17.7 Å². The zero-order valence-electron chi connectivity index (χ0n) is 31.3. The van der Waals surface area contributed by atoms with Crippen LogP contribution in [0.1, 0.15) is 129 Å². The lowest BCUT2D eigenvalue weighted by Crippen LogP contribution is -2.30. The van der Waals surface area contributed by atoms with E-state index in [1.807, 2.05) is 108 Å². The number of fused-ring (bicyclic) bond motifs is 1. The second-order valence-electron chi connectivity index (χ2n) is 9.98. The summed E-state index contributed by atoms with van der Waals surface area (Å²) in [6.07, 6.45) is 5.81. The summed E-state index contributed by atoms with van der Waals surface area (Å²) in [6, 6.07) is 23.4. The van der Waals surface area contributed by atoms with Crippen LogP contribution in [0.2, 0.25) is 0 Å². The van der Waals surface area contributed by atoms with Crippen LogP contribution in [-0.4, -0.2) is 18.9 Å². The third-order valence-electron chi connectivity index (χ3n) is 6.43. The molecule has 0 fully saturated rings. The summed E-state index contributed by atoms with van der Waals surface area (Å²) >= 11 is 0. The highest BCUT2D eigenvalue weighted by Crippen LogP contribution is 2.45. The number of Topliss-reactive ketones (excluding diaryl/α,β-unsaturated/α-hetero) is 1. The summed E-state index contributed by atoms with van der Waals surface area (Å²) in [7, 11) is 1.40. The van der Waals surface area contributed by atoms with Crippen molar-refractivity contribution in [2.24, 2.45) is 0 Å². The van der Waals surface area contributed by atoms with Gasteiger partial charge in [0.05, 0.1) is 12.8 Å². The van der Waals surface area contributed by atoms with Crippen LogP contribution in [0.4, 0.5) is 11.4 Å². The molecule has 0 aliphatic carbocycles. The van der Waals surface area contributed by atoms with Crippen molar-refractivity contribution in [2.45, 2.75) is 115 Å². The number of allylic oxidation sites excluding steroid dienone is 2. The Kier molecular flexibility index (Phi) is 25.3. The van der Waals surface area contributed by atoms with Crippen LogP contribution in [0.5, 0.6) is 0 Å². The molecule has 1 aliphatic rings. The van der Waals surface area contributed by atoms with Gasteiger partial charge in [-0.1, -0.05) is 156 Å². The summed E-state index contributed by atoms with van der Waals surface area (Å²) in [5, 5.41) is 0. The Morgan fingerprint density at radius 2 is 1.30 bits per heavy atom. The van der Waals surface area contributed by atoms with Gasteiger partial charge in [-0.15, -0.1) is 0 Å². The number of rotatable bonds is 7. The molecular weight excluding hydrogens is 566 g/mol. The highest BCUT2D eigenvalue weighted by Gasteiger charge is 2.33. The van der Waals surface area contributed by atoms with Gasteiger partial charge in [0, 0.05) is 23.2 Å². The van der Waals surface area contributed by atoms with Gasteiger partial charge in [-0.05, 0) is 54.3 Å². The molecular formula is C42H63NO3. The van der Waals surface area contributed by atoms with Gasteiger partial charge in [-0.3, -0.25) is 4.79 Å². The molecule has 46 heavy (non-hydrogen) atoms. The van der Waals surface area contributed by atoms with Crippen molar-refractivity contribution >= 4 is 28.7 Å². The monoisotopic (exact) mass is 629 g/mol. The van der Waals surface area contributed by atoms with Crippen LogP contribution < -0.4 is 4.90 Å². The molecule has 3 aromatic rings. The minimum absolute atomic E-state index is 0.0210. The van der Waals surface area contributed by atoms with Crippen LogP contribution in [0, 0.1) is 6.92 Å². The second-order valence-corrected chi connectivity index (χ2v) is 9.98. The number of carbonyl (C=O) groups excluding carboxylic acids is 2. The van der Waals surface area contributed by atoms with Crippen LogP contribution in [0.3, 0.4) is 0 Å². The molecule has 0 unspecified atom stereocenters. The Hall–Kier alpha value is -3.92. The molecule has 0 N–H and O–H groups in total. The number of esters is 1. The van der Waals surface area contributed by atoms with E-state index in [9.17, 15) is 9.59 Å². The molecule has 4 rings (SSSR count). The summed E-state index contributed by atoms with van der Waals surface area (Å²) in [5.74, 6) is -0.398. The molecule has 1 aliphatic heterocycles. The number of carbonyl (C=O) groups is 2. The van der Waals surface area contributed by atoms with Crippen molar-refractivity contribution in [3.05, 3.63) is 113 Å². The molecule has 4 heteroatoms. The van der Waals surface area contributed by atoms with Crippen LogP contribution >= 0.6 is 0 Å². The van der Waals surface area contributed by atoms with E-state index < -0.39 is 5.97 Å². The maximum atomic E-state index is 13.1. The first-order chi connectivity index (χ1) is 22.2. The van der Waals surface area contributed by atoms with Gasteiger partial charge in [-0.2, -0.15) is 0 Å². The number of para-hydroxylation sites is 1. The molecule has 0 saturated heterocycles. The van der Waals surface area contributed by atoms with Crippen LogP contribution in [0.25, 0.3) is 5.57 Å². The molecule has 0 saturated carbocycles. The zero-order valence-corrected chi connectivity index (χ0v) is 31.3. The normalized spacial score (nSPS) is 10.8.